The van der Waals surface area contributed by atoms with Crippen molar-refractivity contribution >= 4 is 17.3 Å². The molecule has 0 radical (unpaired) electrons. The number of hydrogen-bond donors (Lipinski definition) is 1. The Bertz CT molecular complexity index is 558. The third kappa shape index (κ3) is 2.16. The van der Waals surface area contributed by atoms with Gasteiger partial charge in [0.15, 0.2) is 0 Å². The molecule has 2 aromatic rings. The van der Waals surface area contributed by atoms with E-state index >= 15 is 0 Å². The van der Waals surface area contributed by atoms with Crippen molar-refractivity contribution in [3.05, 3.63) is 28.2 Å². The van der Waals surface area contributed by atoms with Gasteiger partial charge in [-0.2, -0.15) is 13.2 Å². The highest BCUT2D eigenvalue weighted by molar-refractivity contribution is 7.12. The van der Waals surface area contributed by atoms with E-state index in [0.29, 0.717) is 6.07 Å². The fourth-order valence-electron chi connectivity index (χ4n) is 1.21. The first-order valence-corrected chi connectivity index (χ1v) is 5.12. The third-order valence-electron chi connectivity index (χ3n) is 1.92. The van der Waals surface area contributed by atoms with Gasteiger partial charge in [-0.1, -0.05) is 5.16 Å². The van der Waals surface area contributed by atoms with Gasteiger partial charge < -0.3 is 9.63 Å². The van der Waals surface area contributed by atoms with Crippen molar-refractivity contribution in [3.63, 3.8) is 0 Å². The quantitative estimate of drug-likeness (QED) is 0.904. The van der Waals surface area contributed by atoms with E-state index < -0.39 is 17.9 Å². The number of carboxylic acids is 1. The zero-order chi connectivity index (χ0) is 12.6. The van der Waals surface area contributed by atoms with Gasteiger partial charge in [-0.05, 0) is 11.4 Å². The van der Waals surface area contributed by atoms with E-state index in [9.17, 15) is 18.0 Å². The van der Waals surface area contributed by atoms with E-state index in [4.69, 9.17) is 5.11 Å². The van der Waals surface area contributed by atoms with E-state index in [1.54, 1.807) is 0 Å². The Morgan fingerprint density at radius 1 is 1.47 bits per heavy atom. The largest absolute Gasteiger partial charge is 0.477 e. The standard InChI is InChI=1S/C9H4F3NO3S/c10-9(11,12)6-3-5(13-16-6)4-1-2-17-7(4)8(14)15/h1-3H,(H,14,15). The molecule has 0 aliphatic heterocycles. The highest BCUT2D eigenvalue weighted by Crippen LogP contribution is 2.34. The van der Waals surface area contributed by atoms with Gasteiger partial charge in [-0.3, -0.25) is 0 Å². The van der Waals surface area contributed by atoms with Crippen molar-refractivity contribution in [2.75, 3.05) is 0 Å². The van der Waals surface area contributed by atoms with Crippen LogP contribution in [0.2, 0.25) is 0 Å². The van der Waals surface area contributed by atoms with Crippen LogP contribution in [0.15, 0.2) is 22.0 Å². The fourth-order valence-corrected chi connectivity index (χ4v) is 1.95. The van der Waals surface area contributed by atoms with Crippen LogP contribution in [0.3, 0.4) is 0 Å². The van der Waals surface area contributed by atoms with Crippen molar-refractivity contribution < 1.29 is 27.6 Å². The molecule has 0 aromatic carbocycles. The van der Waals surface area contributed by atoms with E-state index in [-0.39, 0.29) is 16.1 Å². The summed E-state index contributed by atoms with van der Waals surface area (Å²) in [5.74, 6) is -2.47. The molecule has 4 nitrogen and oxygen atoms in total. The predicted octanol–water partition coefficient (Wildman–Crippen LogP) is 3.12. The van der Waals surface area contributed by atoms with Crippen LogP contribution in [0, 0.1) is 0 Å². The summed E-state index contributed by atoms with van der Waals surface area (Å²) in [6, 6.07) is 2.06. The summed E-state index contributed by atoms with van der Waals surface area (Å²) in [5.41, 5.74) is -0.0299. The van der Waals surface area contributed by atoms with Crippen LogP contribution in [-0.4, -0.2) is 16.2 Å². The Kier molecular flexibility index (Phi) is 2.66. The lowest BCUT2D eigenvalue weighted by atomic mass is 10.2. The minimum Gasteiger partial charge on any atom is -0.477 e. The molecule has 2 heterocycles. The maximum absolute atomic E-state index is 12.3. The molecule has 0 atom stereocenters. The maximum atomic E-state index is 12.3. The van der Waals surface area contributed by atoms with Crippen LogP contribution in [0.25, 0.3) is 11.3 Å². The zero-order valence-corrected chi connectivity index (χ0v) is 8.80. The summed E-state index contributed by atoms with van der Waals surface area (Å²) in [4.78, 5) is 10.7. The SMILES string of the molecule is O=C(O)c1sccc1-c1cc(C(F)(F)F)on1. The summed E-state index contributed by atoms with van der Waals surface area (Å²) in [6.45, 7) is 0. The lowest BCUT2D eigenvalue weighted by Crippen LogP contribution is -2.02. The number of carboxylic acid groups (broad SMARTS) is 1. The molecule has 8 heteroatoms. The number of alkyl halides is 3. The number of carbonyl (C=O) groups is 1. The maximum Gasteiger partial charge on any atom is 0.452 e. The van der Waals surface area contributed by atoms with Crippen LogP contribution < -0.4 is 0 Å². The highest BCUT2D eigenvalue weighted by Gasteiger charge is 2.36. The van der Waals surface area contributed by atoms with Crippen molar-refractivity contribution in [1.82, 2.24) is 5.16 Å². The molecule has 0 unspecified atom stereocenters. The normalized spacial score (nSPS) is 11.7. The van der Waals surface area contributed by atoms with Crippen molar-refractivity contribution in [1.29, 1.82) is 0 Å². The molecule has 2 rings (SSSR count). The molecule has 0 saturated carbocycles. The molecule has 0 saturated heterocycles. The van der Waals surface area contributed by atoms with E-state index in [1.165, 1.54) is 11.4 Å². The van der Waals surface area contributed by atoms with Gasteiger partial charge in [0.1, 0.15) is 10.6 Å². The average molecular weight is 263 g/mol. The van der Waals surface area contributed by atoms with Crippen molar-refractivity contribution in [2.24, 2.45) is 0 Å². The number of nitrogens with zero attached hydrogens (tertiary/aromatic N) is 1. The molecule has 1 N–H and O–H groups in total. The molecule has 0 fully saturated rings. The van der Waals surface area contributed by atoms with Crippen LogP contribution in [0.5, 0.6) is 0 Å². The second-order valence-electron chi connectivity index (χ2n) is 3.04. The number of rotatable bonds is 2. The molecule has 2 aromatic heterocycles. The minimum absolute atomic E-state index is 0.0768. The van der Waals surface area contributed by atoms with Crippen LogP contribution in [0.1, 0.15) is 15.4 Å². The second-order valence-corrected chi connectivity index (χ2v) is 3.96. The van der Waals surface area contributed by atoms with Crippen LogP contribution >= 0.6 is 11.3 Å². The van der Waals surface area contributed by atoms with E-state index in [2.05, 4.69) is 9.68 Å². The minimum atomic E-state index is -4.63. The van der Waals surface area contributed by atoms with Gasteiger partial charge >= 0.3 is 12.1 Å². The average Bonchev–Trinajstić information content (AvgIpc) is 2.85. The monoisotopic (exact) mass is 263 g/mol. The topological polar surface area (TPSA) is 63.3 Å². The van der Waals surface area contributed by atoms with Gasteiger partial charge in [0.05, 0.1) is 0 Å². The van der Waals surface area contributed by atoms with Gasteiger partial charge in [0.2, 0.25) is 5.76 Å². The number of aromatic nitrogens is 1. The summed E-state index contributed by atoms with van der Waals surface area (Å²) in [6.07, 6.45) is -4.63. The molecule has 90 valence electrons. The number of hydrogen-bond acceptors (Lipinski definition) is 4. The highest BCUT2D eigenvalue weighted by atomic mass is 32.1. The number of halogens is 3. The molecule has 0 spiro atoms. The first-order valence-electron chi connectivity index (χ1n) is 4.24. The smallest absolute Gasteiger partial charge is 0.452 e. The van der Waals surface area contributed by atoms with Crippen LogP contribution in [-0.2, 0) is 6.18 Å². The molecule has 0 aliphatic carbocycles. The van der Waals surface area contributed by atoms with Gasteiger partial charge in [-0.15, -0.1) is 11.3 Å². The fraction of sp³-hybridized carbons (Fsp3) is 0.111. The lowest BCUT2D eigenvalue weighted by molar-refractivity contribution is -0.155. The number of thiophene rings is 1. The van der Waals surface area contributed by atoms with Crippen LogP contribution in [0.4, 0.5) is 13.2 Å². The first-order chi connectivity index (χ1) is 7.89. The Labute approximate surface area is 96.3 Å². The molecule has 0 aliphatic rings. The molecule has 0 amide bonds. The Balaban J connectivity index is 2.44. The predicted molar refractivity (Wildman–Crippen MR) is 51.8 cm³/mol. The zero-order valence-electron chi connectivity index (χ0n) is 7.99. The molecular formula is C9H4F3NO3S. The van der Waals surface area contributed by atoms with Gasteiger partial charge in [0.25, 0.3) is 0 Å². The first kappa shape index (κ1) is 11.6. The Hall–Kier alpha value is -1.83. The summed E-state index contributed by atoms with van der Waals surface area (Å²) >= 11 is 0.907. The third-order valence-corrected chi connectivity index (χ3v) is 2.83. The van der Waals surface area contributed by atoms with Gasteiger partial charge in [0, 0.05) is 11.6 Å². The Morgan fingerprint density at radius 3 is 2.71 bits per heavy atom. The van der Waals surface area contributed by atoms with Crippen molar-refractivity contribution in [3.8, 4) is 11.3 Å². The summed E-state index contributed by atoms with van der Waals surface area (Å²) < 4.78 is 40.9. The summed E-state index contributed by atoms with van der Waals surface area (Å²) in [7, 11) is 0. The van der Waals surface area contributed by atoms with E-state index in [1.807, 2.05) is 0 Å². The Morgan fingerprint density at radius 2 is 2.18 bits per heavy atom. The van der Waals surface area contributed by atoms with E-state index in [0.717, 1.165) is 11.3 Å². The van der Waals surface area contributed by atoms with Gasteiger partial charge in [-0.25, -0.2) is 4.79 Å². The second kappa shape index (κ2) is 3.88. The molecular weight excluding hydrogens is 259 g/mol. The van der Waals surface area contributed by atoms with Crippen molar-refractivity contribution in [2.45, 2.75) is 6.18 Å². The molecule has 17 heavy (non-hydrogen) atoms. The summed E-state index contributed by atoms with van der Waals surface area (Å²) in [5, 5.41) is 13.5. The molecule has 0 bridgehead atoms. The number of aromatic carboxylic acids is 1. The lowest BCUT2D eigenvalue weighted by Gasteiger charge is -1.97.